The van der Waals surface area contributed by atoms with Crippen molar-refractivity contribution in [3.8, 4) is 0 Å². The fourth-order valence-electron chi connectivity index (χ4n) is 2.63. The van der Waals surface area contributed by atoms with E-state index in [-0.39, 0.29) is 5.91 Å². The molecule has 0 unspecified atom stereocenters. The molecule has 4 heteroatoms. The van der Waals surface area contributed by atoms with Crippen LogP contribution in [0.1, 0.15) is 38.2 Å². The van der Waals surface area contributed by atoms with Crippen molar-refractivity contribution in [2.45, 2.75) is 44.0 Å². The normalized spacial score (nSPS) is 11.5. The highest BCUT2D eigenvalue weighted by Crippen LogP contribution is 2.20. The van der Waals surface area contributed by atoms with E-state index < -0.39 is 0 Å². The molecule has 142 valence electrons. The molecule has 0 saturated heterocycles. The quantitative estimate of drug-likeness (QED) is 0.276. The number of hydrogen-bond donors (Lipinski definition) is 0. The van der Waals surface area contributed by atoms with E-state index in [1.165, 1.54) is 16.0 Å². The lowest BCUT2D eigenvalue weighted by Crippen LogP contribution is -2.30. The van der Waals surface area contributed by atoms with Gasteiger partial charge in [0.15, 0.2) is 0 Å². The summed E-state index contributed by atoms with van der Waals surface area (Å²) in [6.07, 6.45) is 9.05. The number of carbonyl (C=O) groups is 1. The number of carbonyl (C=O) groups excluding carboxylic acids is 1. The molecule has 26 heavy (non-hydrogen) atoms. The Balaban J connectivity index is 2.47. The first-order chi connectivity index (χ1) is 12.5. The second-order valence-corrected chi connectivity index (χ2v) is 7.73. The van der Waals surface area contributed by atoms with Crippen LogP contribution >= 0.6 is 11.9 Å². The van der Waals surface area contributed by atoms with Gasteiger partial charge in [0.05, 0.1) is 0 Å². The molecule has 0 aliphatic heterocycles. The van der Waals surface area contributed by atoms with Crippen LogP contribution < -0.4 is 0 Å². The van der Waals surface area contributed by atoms with Crippen LogP contribution in [0.3, 0.4) is 0 Å². The van der Waals surface area contributed by atoms with E-state index in [0.717, 1.165) is 25.8 Å². The SMILES string of the molecule is C=C/C=C(\C=C)CCCCC(=O)N(CC)Cc1ccc(SN(C)C)cc1. The van der Waals surface area contributed by atoms with Gasteiger partial charge in [0.2, 0.25) is 5.91 Å². The summed E-state index contributed by atoms with van der Waals surface area (Å²) in [5, 5.41) is 0. The minimum absolute atomic E-state index is 0.229. The fraction of sp³-hybridized carbons (Fsp3) is 0.409. The van der Waals surface area contributed by atoms with E-state index in [1.807, 2.05) is 38.1 Å². The van der Waals surface area contributed by atoms with Gasteiger partial charge in [-0.25, -0.2) is 0 Å². The van der Waals surface area contributed by atoms with Crippen molar-refractivity contribution in [3.05, 3.63) is 66.8 Å². The van der Waals surface area contributed by atoms with Crippen LogP contribution in [-0.4, -0.2) is 35.8 Å². The van der Waals surface area contributed by atoms with Crippen LogP contribution in [0.15, 0.2) is 66.1 Å². The molecule has 0 aromatic heterocycles. The van der Waals surface area contributed by atoms with Gasteiger partial charge in [-0.3, -0.25) is 9.10 Å². The van der Waals surface area contributed by atoms with Gasteiger partial charge in [0.25, 0.3) is 0 Å². The van der Waals surface area contributed by atoms with Crippen molar-refractivity contribution in [3.63, 3.8) is 0 Å². The Labute approximate surface area is 163 Å². The molecule has 1 rings (SSSR count). The van der Waals surface area contributed by atoms with Crippen LogP contribution in [0.25, 0.3) is 0 Å². The summed E-state index contributed by atoms with van der Waals surface area (Å²) < 4.78 is 2.07. The summed E-state index contributed by atoms with van der Waals surface area (Å²) in [6.45, 7) is 11.0. The lowest BCUT2D eigenvalue weighted by Gasteiger charge is -2.21. The molecular weight excluding hydrogens is 340 g/mol. The summed E-state index contributed by atoms with van der Waals surface area (Å²) in [4.78, 5) is 15.6. The van der Waals surface area contributed by atoms with E-state index in [1.54, 1.807) is 18.0 Å². The second-order valence-electron chi connectivity index (χ2n) is 6.34. The fourth-order valence-corrected chi connectivity index (χ4v) is 3.31. The topological polar surface area (TPSA) is 23.6 Å². The first-order valence-corrected chi connectivity index (χ1v) is 9.93. The van der Waals surface area contributed by atoms with Crippen molar-refractivity contribution in [1.29, 1.82) is 0 Å². The third kappa shape index (κ3) is 8.54. The summed E-state index contributed by atoms with van der Waals surface area (Å²) >= 11 is 1.69. The highest BCUT2D eigenvalue weighted by Gasteiger charge is 2.12. The molecule has 0 N–H and O–H groups in total. The largest absolute Gasteiger partial charge is 0.339 e. The summed E-state index contributed by atoms with van der Waals surface area (Å²) in [5.41, 5.74) is 2.35. The maximum absolute atomic E-state index is 12.5. The van der Waals surface area contributed by atoms with E-state index in [2.05, 4.69) is 41.7 Å². The maximum atomic E-state index is 12.5. The maximum Gasteiger partial charge on any atom is 0.222 e. The van der Waals surface area contributed by atoms with Crippen LogP contribution in [0.4, 0.5) is 0 Å². The van der Waals surface area contributed by atoms with Crippen molar-refractivity contribution in [2.24, 2.45) is 0 Å². The predicted octanol–water partition coefficient (Wildman–Crippen LogP) is 5.46. The van der Waals surface area contributed by atoms with E-state index in [0.29, 0.717) is 13.0 Å². The average Bonchev–Trinajstić information content (AvgIpc) is 2.62. The van der Waals surface area contributed by atoms with Gasteiger partial charge in [0.1, 0.15) is 0 Å². The summed E-state index contributed by atoms with van der Waals surface area (Å²) in [6, 6.07) is 8.44. The van der Waals surface area contributed by atoms with Crippen molar-refractivity contribution in [1.82, 2.24) is 9.21 Å². The Bertz CT molecular complexity index is 605. The molecule has 0 aliphatic carbocycles. The van der Waals surface area contributed by atoms with E-state index >= 15 is 0 Å². The Hall–Kier alpha value is -1.78. The third-order valence-electron chi connectivity index (χ3n) is 4.02. The number of benzene rings is 1. The number of allylic oxidation sites excluding steroid dienone is 4. The molecule has 0 aliphatic rings. The average molecular weight is 373 g/mol. The molecule has 0 radical (unpaired) electrons. The van der Waals surface area contributed by atoms with Crippen LogP contribution in [0.5, 0.6) is 0 Å². The zero-order chi connectivity index (χ0) is 19.4. The molecule has 0 heterocycles. The second kappa shape index (κ2) is 12.6. The molecule has 0 bridgehead atoms. The third-order valence-corrected chi connectivity index (χ3v) is 4.87. The number of rotatable bonds is 12. The Kier molecular flexibility index (Phi) is 10.7. The summed E-state index contributed by atoms with van der Waals surface area (Å²) in [7, 11) is 4.06. The van der Waals surface area contributed by atoms with Crippen LogP contribution in [0, 0.1) is 0 Å². The number of amides is 1. The Morgan fingerprint density at radius 3 is 2.31 bits per heavy atom. The number of hydrogen-bond acceptors (Lipinski definition) is 3. The van der Waals surface area contributed by atoms with Gasteiger partial charge >= 0.3 is 0 Å². The van der Waals surface area contributed by atoms with Crippen molar-refractivity contribution < 1.29 is 4.79 Å². The lowest BCUT2D eigenvalue weighted by molar-refractivity contribution is -0.131. The van der Waals surface area contributed by atoms with E-state index in [4.69, 9.17) is 0 Å². The standard InChI is InChI=1S/C22H32N2OS/c1-6-11-19(7-2)12-9-10-13-22(25)24(8-3)18-20-14-16-21(17-15-20)26-23(4)5/h6-7,11,14-17H,1-2,8-10,12-13,18H2,3-5H3/b19-11+. The zero-order valence-electron chi connectivity index (χ0n) is 16.4. The highest BCUT2D eigenvalue weighted by molar-refractivity contribution is 7.97. The van der Waals surface area contributed by atoms with Crippen LogP contribution in [-0.2, 0) is 11.3 Å². The molecule has 1 aromatic rings. The molecule has 3 nitrogen and oxygen atoms in total. The molecule has 0 atom stereocenters. The Morgan fingerprint density at radius 1 is 1.12 bits per heavy atom. The van der Waals surface area contributed by atoms with Gasteiger partial charge < -0.3 is 4.90 Å². The van der Waals surface area contributed by atoms with E-state index in [9.17, 15) is 4.79 Å². The monoisotopic (exact) mass is 372 g/mol. The van der Waals surface area contributed by atoms with Crippen molar-refractivity contribution >= 4 is 17.9 Å². The molecule has 0 spiro atoms. The zero-order valence-corrected chi connectivity index (χ0v) is 17.2. The highest BCUT2D eigenvalue weighted by atomic mass is 32.2. The lowest BCUT2D eigenvalue weighted by atomic mass is 10.1. The van der Waals surface area contributed by atoms with Gasteiger partial charge in [-0.1, -0.05) is 43.5 Å². The smallest absolute Gasteiger partial charge is 0.222 e. The minimum atomic E-state index is 0.229. The molecule has 1 amide bonds. The van der Waals surface area contributed by atoms with Gasteiger partial charge in [0, 0.05) is 24.4 Å². The van der Waals surface area contributed by atoms with Gasteiger partial charge in [-0.05, 0) is 75.5 Å². The summed E-state index contributed by atoms with van der Waals surface area (Å²) in [5.74, 6) is 0.229. The molecular formula is C22H32N2OS. The van der Waals surface area contributed by atoms with Gasteiger partial charge in [-0.2, -0.15) is 0 Å². The minimum Gasteiger partial charge on any atom is -0.339 e. The predicted molar refractivity (Wildman–Crippen MR) is 114 cm³/mol. The van der Waals surface area contributed by atoms with Crippen molar-refractivity contribution in [2.75, 3.05) is 20.6 Å². The number of unbranched alkanes of at least 4 members (excludes halogenated alkanes) is 1. The molecule has 1 aromatic carbocycles. The first kappa shape index (κ1) is 22.3. The number of nitrogens with zero attached hydrogens (tertiary/aromatic N) is 2. The first-order valence-electron chi connectivity index (χ1n) is 9.16. The molecule has 0 saturated carbocycles. The van der Waals surface area contributed by atoms with Crippen LogP contribution in [0.2, 0.25) is 0 Å². The van der Waals surface area contributed by atoms with Gasteiger partial charge in [-0.15, -0.1) is 0 Å². The molecule has 0 fully saturated rings. The Morgan fingerprint density at radius 2 is 1.77 bits per heavy atom.